The van der Waals surface area contributed by atoms with Crippen LogP contribution in [0, 0.1) is 0 Å². The lowest BCUT2D eigenvalue weighted by Gasteiger charge is -2.10. The molecule has 0 aromatic carbocycles. The Balaban J connectivity index is 3.13. The molecule has 1 N–H and O–H groups in total. The normalized spacial score (nSPS) is 12.3. The van der Waals surface area contributed by atoms with Gasteiger partial charge in [0.15, 0.2) is 0 Å². The monoisotopic (exact) mass is 635 g/mol. The second kappa shape index (κ2) is 42.0. The van der Waals surface area contributed by atoms with Crippen LogP contribution in [0.25, 0.3) is 0 Å². The Hall–Kier alpha value is -0.0400. The van der Waals surface area contributed by atoms with Crippen molar-refractivity contribution in [2.24, 2.45) is 0 Å². The predicted molar refractivity (Wildman–Crippen MR) is 207 cm³/mol. The Morgan fingerprint density at radius 1 is 0.222 bits per heavy atom. The van der Waals surface area contributed by atoms with Crippen LogP contribution < -0.4 is 0 Å². The average Bonchev–Trinajstić information content (AvgIpc) is 3.05. The molecule has 45 heavy (non-hydrogen) atoms. The van der Waals surface area contributed by atoms with Gasteiger partial charge in [0.25, 0.3) is 0 Å². The molecule has 0 radical (unpaired) electrons. The third-order valence-electron chi connectivity index (χ3n) is 10.5. The Morgan fingerprint density at radius 2 is 0.356 bits per heavy atom. The molecular weight excluding hydrogens is 544 g/mol. The summed E-state index contributed by atoms with van der Waals surface area (Å²) in [6.45, 7) is 4.61. The fraction of sp³-hybridized carbons (Fsp3) is 1.00. The highest BCUT2D eigenvalue weighted by Crippen LogP contribution is 2.18. The second-order valence-corrected chi connectivity index (χ2v) is 15.3. The highest BCUT2D eigenvalue weighted by Gasteiger charge is 2.04. The fourth-order valence-corrected chi connectivity index (χ4v) is 7.24. The largest absolute Gasteiger partial charge is 0.393 e. The minimum atomic E-state index is -0.0355. The topological polar surface area (TPSA) is 20.2 Å². The van der Waals surface area contributed by atoms with Gasteiger partial charge in [0, 0.05) is 0 Å². The minimum Gasteiger partial charge on any atom is -0.393 e. The molecule has 0 aliphatic carbocycles. The number of hydrogen-bond acceptors (Lipinski definition) is 1. The van der Waals surface area contributed by atoms with E-state index in [-0.39, 0.29) is 6.10 Å². The summed E-state index contributed by atoms with van der Waals surface area (Å²) in [6.07, 6.45) is 57.9. The van der Waals surface area contributed by atoms with Crippen LogP contribution in [0.5, 0.6) is 0 Å². The van der Waals surface area contributed by atoms with Crippen molar-refractivity contribution in [1.82, 2.24) is 0 Å². The lowest BCUT2D eigenvalue weighted by atomic mass is 10.0. The second-order valence-electron chi connectivity index (χ2n) is 15.3. The molecule has 0 aromatic heterocycles. The molecule has 0 bridgehead atoms. The van der Waals surface area contributed by atoms with Crippen molar-refractivity contribution < 1.29 is 5.11 Å². The molecule has 0 heterocycles. The fourth-order valence-electron chi connectivity index (χ4n) is 7.24. The molecule has 0 aliphatic heterocycles. The first-order valence-electron chi connectivity index (χ1n) is 22.0. The number of hydrogen-bond donors (Lipinski definition) is 1. The maximum atomic E-state index is 10.3. The minimum absolute atomic E-state index is 0.0355. The zero-order valence-corrected chi connectivity index (χ0v) is 32.0. The first-order chi connectivity index (χ1) is 22.3. The van der Waals surface area contributed by atoms with Gasteiger partial charge in [0.2, 0.25) is 0 Å². The summed E-state index contributed by atoms with van der Waals surface area (Å²) in [7, 11) is 0. The van der Waals surface area contributed by atoms with Gasteiger partial charge in [-0.25, -0.2) is 0 Å². The molecule has 0 spiro atoms. The molecule has 1 unspecified atom stereocenters. The summed E-state index contributed by atoms with van der Waals surface area (Å²) < 4.78 is 0. The van der Waals surface area contributed by atoms with Crippen LogP contribution in [0.2, 0.25) is 0 Å². The maximum Gasteiger partial charge on any atom is 0.0540 e. The average molecular weight is 635 g/mol. The van der Waals surface area contributed by atoms with E-state index in [1.807, 2.05) is 0 Å². The van der Waals surface area contributed by atoms with E-state index in [2.05, 4.69) is 13.8 Å². The van der Waals surface area contributed by atoms with Crippen LogP contribution in [0.4, 0.5) is 0 Å². The number of aliphatic hydroxyl groups excluding tert-OH is 1. The van der Waals surface area contributed by atoms with E-state index in [9.17, 15) is 5.11 Å². The zero-order valence-electron chi connectivity index (χ0n) is 32.0. The van der Waals surface area contributed by atoms with Crippen molar-refractivity contribution in [2.45, 2.75) is 283 Å². The van der Waals surface area contributed by atoms with Crippen molar-refractivity contribution in [3.63, 3.8) is 0 Å². The number of unbranched alkanes of at least 4 members (excludes halogenated alkanes) is 37. The standard InChI is InChI=1S/C44H90O/c1-3-5-7-9-11-13-15-17-19-20-21-22-23-24-25-26-27-29-31-33-35-37-39-41-43-44(45)42-40-38-36-34-32-30-28-18-16-14-12-10-8-6-4-2/h44-45H,3-43H2,1-2H3. The molecule has 1 nitrogen and oxygen atoms in total. The van der Waals surface area contributed by atoms with Crippen LogP contribution in [0.3, 0.4) is 0 Å². The Morgan fingerprint density at radius 3 is 0.511 bits per heavy atom. The van der Waals surface area contributed by atoms with E-state index in [0.717, 1.165) is 12.8 Å². The molecule has 0 aromatic rings. The first kappa shape index (κ1) is 45.0. The third-order valence-corrected chi connectivity index (χ3v) is 10.5. The van der Waals surface area contributed by atoms with E-state index >= 15 is 0 Å². The van der Waals surface area contributed by atoms with E-state index in [4.69, 9.17) is 0 Å². The molecule has 1 heteroatoms. The van der Waals surface area contributed by atoms with Crippen LogP contribution in [-0.4, -0.2) is 11.2 Å². The summed E-state index contributed by atoms with van der Waals surface area (Å²) in [4.78, 5) is 0. The summed E-state index contributed by atoms with van der Waals surface area (Å²) in [5, 5.41) is 10.3. The lowest BCUT2D eigenvalue weighted by molar-refractivity contribution is 0.147. The summed E-state index contributed by atoms with van der Waals surface area (Å²) in [6, 6.07) is 0. The Kier molecular flexibility index (Phi) is 41.9. The number of rotatable bonds is 41. The molecule has 0 saturated carbocycles. The van der Waals surface area contributed by atoms with Gasteiger partial charge in [-0.3, -0.25) is 0 Å². The van der Waals surface area contributed by atoms with E-state index in [0.29, 0.717) is 0 Å². The van der Waals surface area contributed by atoms with E-state index in [1.165, 1.54) is 250 Å². The van der Waals surface area contributed by atoms with E-state index < -0.39 is 0 Å². The Labute approximate surface area is 287 Å². The quantitative estimate of drug-likeness (QED) is 0.0663. The highest BCUT2D eigenvalue weighted by atomic mass is 16.3. The van der Waals surface area contributed by atoms with Crippen molar-refractivity contribution in [3.8, 4) is 0 Å². The molecule has 0 fully saturated rings. The van der Waals surface area contributed by atoms with Gasteiger partial charge in [-0.1, -0.05) is 264 Å². The molecular formula is C44H90O. The van der Waals surface area contributed by atoms with Crippen LogP contribution in [0.15, 0.2) is 0 Å². The molecule has 0 saturated heterocycles. The molecule has 1 atom stereocenters. The maximum absolute atomic E-state index is 10.3. The highest BCUT2D eigenvalue weighted by molar-refractivity contribution is 4.58. The van der Waals surface area contributed by atoms with E-state index in [1.54, 1.807) is 0 Å². The van der Waals surface area contributed by atoms with Gasteiger partial charge in [0.1, 0.15) is 0 Å². The molecule has 0 rings (SSSR count). The van der Waals surface area contributed by atoms with Crippen LogP contribution >= 0.6 is 0 Å². The molecule has 0 amide bonds. The smallest absolute Gasteiger partial charge is 0.0540 e. The van der Waals surface area contributed by atoms with Gasteiger partial charge >= 0.3 is 0 Å². The zero-order chi connectivity index (χ0) is 32.6. The Bertz CT molecular complexity index is 487. The predicted octanol–water partition coefficient (Wildman–Crippen LogP) is 16.4. The molecule has 0 aliphatic rings. The van der Waals surface area contributed by atoms with Crippen molar-refractivity contribution in [3.05, 3.63) is 0 Å². The van der Waals surface area contributed by atoms with Crippen molar-refractivity contribution in [2.75, 3.05) is 0 Å². The van der Waals surface area contributed by atoms with Gasteiger partial charge in [0.05, 0.1) is 6.10 Å². The number of aliphatic hydroxyl groups is 1. The van der Waals surface area contributed by atoms with Crippen molar-refractivity contribution >= 4 is 0 Å². The molecule has 272 valence electrons. The summed E-state index contributed by atoms with van der Waals surface area (Å²) in [5.41, 5.74) is 0. The SMILES string of the molecule is CCCCCCCCCCCCCCCCCCCCCCCCCCC(O)CCCCCCCCCCCCCCCCC. The van der Waals surface area contributed by atoms with Gasteiger partial charge in [-0.15, -0.1) is 0 Å². The third kappa shape index (κ3) is 41.9. The van der Waals surface area contributed by atoms with Crippen LogP contribution in [-0.2, 0) is 0 Å². The van der Waals surface area contributed by atoms with Gasteiger partial charge < -0.3 is 5.11 Å². The summed E-state index contributed by atoms with van der Waals surface area (Å²) >= 11 is 0. The lowest BCUT2D eigenvalue weighted by Crippen LogP contribution is -2.05. The van der Waals surface area contributed by atoms with Gasteiger partial charge in [-0.05, 0) is 12.8 Å². The van der Waals surface area contributed by atoms with Crippen molar-refractivity contribution in [1.29, 1.82) is 0 Å². The summed E-state index contributed by atoms with van der Waals surface area (Å²) in [5.74, 6) is 0. The van der Waals surface area contributed by atoms with Crippen LogP contribution in [0.1, 0.15) is 277 Å². The van der Waals surface area contributed by atoms with Gasteiger partial charge in [-0.2, -0.15) is 0 Å². The first-order valence-corrected chi connectivity index (χ1v) is 22.0.